The molecule has 3 rings (SSSR count). The average Bonchev–Trinajstić information content (AvgIpc) is 2.94. The molecule has 2 heterocycles. The van der Waals surface area contributed by atoms with Gasteiger partial charge in [-0.1, -0.05) is 12.1 Å². The van der Waals surface area contributed by atoms with Crippen molar-refractivity contribution in [3.63, 3.8) is 0 Å². The Kier molecular flexibility index (Phi) is 3.72. The van der Waals surface area contributed by atoms with Crippen molar-refractivity contribution in [2.24, 2.45) is 0 Å². The number of esters is 1. The van der Waals surface area contributed by atoms with Gasteiger partial charge in [0.15, 0.2) is 6.10 Å². The van der Waals surface area contributed by atoms with Gasteiger partial charge in [0.2, 0.25) is 0 Å². The summed E-state index contributed by atoms with van der Waals surface area (Å²) >= 11 is 0. The number of hydrogen-bond acceptors (Lipinski definition) is 5. The molecule has 6 heteroatoms. The standard InChI is InChI=1S/C15H17N3O3/c1-10-6-7-18(17-10)12-5-3-4-11(8-12)14-15(20-2)16-9-13(19)21-14/h3-8,14-16H,9H2,1-2H3. The van der Waals surface area contributed by atoms with E-state index < -0.39 is 6.10 Å². The predicted octanol–water partition coefficient (Wildman–Crippen LogP) is 1.34. The molecule has 1 aliphatic rings. The molecule has 1 aliphatic heterocycles. The Labute approximate surface area is 122 Å². The zero-order valence-corrected chi connectivity index (χ0v) is 11.9. The number of carbonyl (C=O) groups excluding carboxylic acids is 1. The van der Waals surface area contributed by atoms with Gasteiger partial charge in [-0.2, -0.15) is 5.10 Å². The molecule has 2 aromatic rings. The van der Waals surface area contributed by atoms with Crippen molar-refractivity contribution in [3.05, 3.63) is 47.8 Å². The van der Waals surface area contributed by atoms with Crippen molar-refractivity contribution in [1.29, 1.82) is 0 Å². The first-order valence-electron chi connectivity index (χ1n) is 6.75. The maximum absolute atomic E-state index is 11.5. The van der Waals surface area contributed by atoms with Crippen LogP contribution in [0, 0.1) is 6.92 Å². The molecular formula is C15H17N3O3. The molecule has 0 saturated carbocycles. The first kappa shape index (κ1) is 13.8. The fourth-order valence-corrected chi connectivity index (χ4v) is 2.39. The molecule has 0 aliphatic carbocycles. The number of cyclic esters (lactones) is 1. The van der Waals surface area contributed by atoms with Crippen LogP contribution in [-0.4, -0.2) is 35.6 Å². The third kappa shape index (κ3) is 2.81. The van der Waals surface area contributed by atoms with Gasteiger partial charge in [0, 0.05) is 13.3 Å². The lowest BCUT2D eigenvalue weighted by atomic mass is 10.1. The first-order valence-corrected chi connectivity index (χ1v) is 6.75. The number of benzene rings is 1. The highest BCUT2D eigenvalue weighted by Gasteiger charge is 2.31. The minimum Gasteiger partial charge on any atom is -0.452 e. The molecule has 1 saturated heterocycles. The quantitative estimate of drug-likeness (QED) is 0.863. The smallest absolute Gasteiger partial charge is 0.320 e. The van der Waals surface area contributed by atoms with Gasteiger partial charge in [-0.15, -0.1) is 0 Å². The number of morpholine rings is 1. The highest BCUT2D eigenvalue weighted by molar-refractivity contribution is 5.73. The molecule has 0 amide bonds. The molecule has 0 bridgehead atoms. The molecule has 2 unspecified atom stereocenters. The van der Waals surface area contributed by atoms with Crippen LogP contribution in [0.25, 0.3) is 5.69 Å². The Morgan fingerprint density at radius 3 is 3.00 bits per heavy atom. The summed E-state index contributed by atoms with van der Waals surface area (Å²) in [7, 11) is 1.59. The molecule has 1 aromatic heterocycles. The van der Waals surface area contributed by atoms with Crippen LogP contribution in [0.3, 0.4) is 0 Å². The van der Waals surface area contributed by atoms with Crippen LogP contribution < -0.4 is 5.32 Å². The first-order chi connectivity index (χ1) is 10.2. The van der Waals surface area contributed by atoms with Gasteiger partial charge in [-0.3, -0.25) is 10.1 Å². The third-order valence-electron chi connectivity index (χ3n) is 3.42. The Morgan fingerprint density at radius 2 is 2.29 bits per heavy atom. The second-order valence-electron chi connectivity index (χ2n) is 4.94. The number of methoxy groups -OCH3 is 1. The minimum absolute atomic E-state index is 0.160. The van der Waals surface area contributed by atoms with Crippen molar-refractivity contribution >= 4 is 5.97 Å². The Balaban J connectivity index is 1.93. The number of nitrogens with one attached hydrogen (secondary N) is 1. The summed E-state index contributed by atoms with van der Waals surface area (Å²) in [5.41, 5.74) is 2.73. The van der Waals surface area contributed by atoms with Crippen LogP contribution in [0.15, 0.2) is 36.5 Å². The molecule has 21 heavy (non-hydrogen) atoms. The summed E-state index contributed by atoms with van der Waals surface area (Å²) < 4.78 is 12.6. The van der Waals surface area contributed by atoms with E-state index in [9.17, 15) is 4.79 Å². The van der Waals surface area contributed by atoms with Crippen LogP contribution >= 0.6 is 0 Å². The van der Waals surface area contributed by atoms with E-state index in [2.05, 4.69) is 10.4 Å². The molecule has 1 aromatic carbocycles. The average molecular weight is 287 g/mol. The highest BCUT2D eigenvalue weighted by atomic mass is 16.6. The number of rotatable bonds is 3. The van der Waals surface area contributed by atoms with E-state index in [1.807, 2.05) is 43.5 Å². The molecule has 110 valence electrons. The molecule has 1 N–H and O–H groups in total. The normalized spacial score (nSPS) is 22.1. The summed E-state index contributed by atoms with van der Waals surface area (Å²) in [6.45, 7) is 2.10. The number of ether oxygens (including phenoxy) is 2. The summed E-state index contributed by atoms with van der Waals surface area (Å²) in [4.78, 5) is 11.5. The lowest BCUT2D eigenvalue weighted by Crippen LogP contribution is -2.47. The maximum atomic E-state index is 11.5. The summed E-state index contributed by atoms with van der Waals surface area (Å²) in [6, 6.07) is 9.67. The fourth-order valence-electron chi connectivity index (χ4n) is 2.39. The zero-order valence-electron chi connectivity index (χ0n) is 11.9. The predicted molar refractivity (Wildman–Crippen MR) is 75.9 cm³/mol. The van der Waals surface area contributed by atoms with E-state index in [0.717, 1.165) is 16.9 Å². The van der Waals surface area contributed by atoms with Crippen molar-refractivity contribution in [3.8, 4) is 5.69 Å². The van der Waals surface area contributed by atoms with Crippen LogP contribution in [-0.2, 0) is 14.3 Å². The van der Waals surface area contributed by atoms with E-state index in [4.69, 9.17) is 9.47 Å². The SMILES string of the molecule is COC1NCC(=O)OC1c1cccc(-n2ccc(C)n2)c1. The van der Waals surface area contributed by atoms with E-state index in [1.54, 1.807) is 11.8 Å². The van der Waals surface area contributed by atoms with E-state index in [1.165, 1.54) is 0 Å². The Morgan fingerprint density at radius 1 is 1.43 bits per heavy atom. The van der Waals surface area contributed by atoms with Crippen LogP contribution in [0.4, 0.5) is 0 Å². The van der Waals surface area contributed by atoms with Gasteiger partial charge >= 0.3 is 5.97 Å². The number of hydrogen-bond donors (Lipinski definition) is 1. The summed E-state index contributed by atoms with van der Waals surface area (Å²) in [5, 5.41) is 7.39. The van der Waals surface area contributed by atoms with Crippen LogP contribution in [0.5, 0.6) is 0 Å². The lowest BCUT2D eigenvalue weighted by Gasteiger charge is -2.31. The monoisotopic (exact) mass is 287 g/mol. The number of nitrogens with zero attached hydrogens (tertiary/aromatic N) is 2. The van der Waals surface area contributed by atoms with Gasteiger partial charge in [-0.05, 0) is 30.7 Å². The molecular weight excluding hydrogens is 270 g/mol. The highest BCUT2D eigenvalue weighted by Crippen LogP contribution is 2.26. The number of aromatic nitrogens is 2. The minimum atomic E-state index is -0.465. The van der Waals surface area contributed by atoms with Crippen LogP contribution in [0.2, 0.25) is 0 Å². The van der Waals surface area contributed by atoms with Gasteiger partial charge in [0.25, 0.3) is 0 Å². The van der Waals surface area contributed by atoms with Crippen molar-refractivity contribution < 1.29 is 14.3 Å². The largest absolute Gasteiger partial charge is 0.452 e. The molecule has 0 spiro atoms. The topological polar surface area (TPSA) is 65.4 Å². The summed E-state index contributed by atoms with van der Waals surface area (Å²) in [5.74, 6) is -0.284. The summed E-state index contributed by atoms with van der Waals surface area (Å²) in [6.07, 6.45) is 1.08. The molecule has 6 nitrogen and oxygen atoms in total. The van der Waals surface area contributed by atoms with Gasteiger partial charge in [-0.25, -0.2) is 4.68 Å². The lowest BCUT2D eigenvalue weighted by molar-refractivity contribution is -0.168. The number of aryl methyl sites for hydroxylation is 1. The van der Waals surface area contributed by atoms with E-state index in [-0.39, 0.29) is 18.7 Å². The van der Waals surface area contributed by atoms with Gasteiger partial charge in [0.1, 0.15) is 6.23 Å². The third-order valence-corrected chi connectivity index (χ3v) is 3.42. The Bertz CT molecular complexity index is 653. The van der Waals surface area contributed by atoms with Crippen molar-refractivity contribution in [2.45, 2.75) is 19.3 Å². The molecule has 1 fully saturated rings. The van der Waals surface area contributed by atoms with Crippen LogP contribution in [0.1, 0.15) is 17.4 Å². The zero-order chi connectivity index (χ0) is 14.8. The fraction of sp³-hybridized carbons (Fsp3) is 0.333. The second kappa shape index (κ2) is 5.67. The van der Waals surface area contributed by atoms with E-state index in [0.29, 0.717) is 0 Å². The van der Waals surface area contributed by atoms with Gasteiger partial charge < -0.3 is 9.47 Å². The molecule has 0 radical (unpaired) electrons. The second-order valence-corrected chi connectivity index (χ2v) is 4.94. The number of carbonyl (C=O) groups is 1. The van der Waals surface area contributed by atoms with Crippen molar-refractivity contribution in [2.75, 3.05) is 13.7 Å². The van der Waals surface area contributed by atoms with E-state index >= 15 is 0 Å². The van der Waals surface area contributed by atoms with Crippen molar-refractivity contribution in [1.82, 2.24) is 15.1 Å². The Hall–Kier alpha value is -2.18. The molecule has 2 atom stereocenters. The van der Waals surface area contributed by atoms with Gasteiger partial charge in [0.05, 0.1) is 17.9 Å². The maximum Gasteiger partial charge on any atom is 0.320 e.